The highest BCUT2D eigenvalue weighted by atomic mass is 35.5. The van der Waals surface area contributed by atoms with Gasteiger partial charge >= 0.3 is 0 Å². The van der Waals surface area contributed by atoms with Gasteiger partial charge in [0.05, 0.1) is 18.8 Å². The monoisotopic (exact) mass is 367 g/mol. The predicted molar refractivity (Wildman–Crippen MR) is 95.9 cm³/mol. The molecule has 8 heteroatoms. The molecule has 1 aromatic heterocycles. The lowest BCUT2D eigenvalue weighted by molar-refractivity contribution is 0.0870. The van der Waals surface area contributed by atoms with Gasteiger partial charge in [0.25, 0.3) is 5.91 Å². The maximum Gasteiger partial charge on any atom is 0.259 e. The van der Waals surface area contributed by atoms with Crippen LogP contribution < -0.4 is 10.6 Å². The summed E-state index contributed by atoms with van der Waals surface area (Å²) in [7, 11) is 1.58. The lowest BCUT2D eigenvalue weighted by atomic mass is 10.0. The lowest BCUT2D eigenvalue weighted by Gasteiger charge is -2.23. The molecule has 2 aromatic rings. The molecule has 2 rings (SSSR count). The van der Waals surface area contributed by atoms with E-state index in [1.807, 2.05) is 0 Å². The number of ether oxygens (including phenoxy) is 1. The van der Waals surface area contributed by atoms with Crippen molar-refractivity contribution in [3.63, 3.8) is 0 Å². The Bertz CT molecular complexity index is 713. The molecule has 1 amide bonds. The summed E-state index contributed by atoms with van der Waals surface area (Å²) in [6.07, 6.45) is 0. The average molecular weight is 368 g/mol. The van der Waals surface area contributed by atoms with Gasteiger partial charge in [-0.15, -0.1) is 0 Å². The minimum atomic E-state index is -0.782. The third kappa shape index (κ3) is 4.94. The smallest absolute Gasteiger partial charge is 0.259 e. The number of anilines is 1. The van der Waals surface area contributed by atoms with Gasteiger partial charge in [-0.05, 0) is 38.1 Å². The number of benzene rings is 1. The van der Waals surface area contributed by atoms with E-state index in [9.17, 15) is 9.90 Å². The van der Waals surface area contributed by atoms with Crippen LogP contribution in [0.1, 0.15) is 24.2 Å². The molecule has 0 spiro atoms. The molecule has 136 valence electrons. The summed E-state index contributed by atoms with van der Waals surface area (Å²) in [5, 5.41) is 19.7. The van der Waals surface area contributed by atoms with E-state index in [2.05, 4.69) is 15.8 Å². The van der Waals surface area contributed by atoms with E-state index >= 15 is 0 Å². The number of hydrogen-bond acceptors (Lipinski definition) is 6. The van der Waals surface area contributed by atoms with E-state index in [4.69, 9.17) is 20.9 Å². The third-order valence-corrected chi connectivity index (χ3v) is 3.72. The number of aliphatic hydroxyl groups excluding tert-OH is 1. The number of halogens is 1. The van der Waals surface area contributed by atoms with Gasteiger partial charge in [-0.1, -0.05) is 16.8 Å². The molecule has 0 aliphatic rings. The molecule has 0 atom stereocenters. The first kappa shape index (κ1) is 19.2. The van der Waals surface area contributed by atoms with Crippen molar-refractivity contribution in [2.24, 2.45) is 0 Å². The van der Waals surface area contributed by atoms with Crippen LogP contribution in [0.2, 0.25) is 5.02 Å². The Morgan fingerprint density at radius 2 is 2.04 bits per heavy atom. The van der Waals surface area contributed by atoms with Crippen molar-refractivity contribution in [2.45, 2.75) is 19.4 Å². The highest BCUT2D eigenvalue weighted by molar-refractivity contribution is 6.30. The molecule has 0 fully saturated rings. The fourth-order valence-electron chi connectivity index (χ4n) is 2.10. The van der Waals surface area contributed by atoms with Crippen LogP contribution in [0, 0.1) is 0 Å². The average Bonchev–Trinajstić information content (AvgIpc) is 2.99. The molecule has 1 aromatic carbocycles. The Morgan fingerprint density at radius 1 is 1.36 bits per heavy atom. The molecular weight excluding hydrogens is 346 g/mol. The van der Waals surface area contributed by atoms with Crippen LogP contribution in [0.3, 0.4) is 0 Å². The molecule has 0 radical (unpaired) electrons. The highest BCUT2D eigenvalue weighted by Crippen LogP contribution is 2.30. The molecule has 25 heavy (non-hydrogen) atoms. The van der Waals surface area contributed by atoms with E-state index in [-0.39, 0.29) is 12.2 Å². The van der Waals surface area contributed by atoms with Crippen LogP contribution in [-0.4, -0.2) is 48.6 Å². The van der Waals surface area contributed by atoms with Crippen LogP contribution >= 0.6 is 11.6 Å². The Balaban J connectivity index is 2.39. The molecule has 0 aliphatic heterocycles. The van der Waals surface area contributed by atoms with Crippen molar-refractivity contribution in [1.82, 2.24) is 10.5 Å². The Morgan fingerprint density at radius 3 is 2.64 bits per heavy atom. The molecule has 0 saturated carbocycles. The van der Waals surface area contributed by atoms with Gasteiger partial charge in [0.1, 0.15) is 5.56 Å². The van der Waals surface area contributed by atoms with Crippen LogP contribution in [0.5, 0.6) is 0 Å². The molecule has 0 saturated heterocycles. The Hall–Kier alpha value is -2.09. The fraction of sp³-hybridized carbons (Fsp3) is 0.412. The molecule has 1 heterocycles. The second-order valence-electron chi connectivity index (χ2n) is 6.16. The zero-order valence-corrected chi connectivity index (χ0v) is 15.2. The largest absolute Gasteiger partial charge is 0.394 e. The maximum absolute atomic E-state index is 12.8. The summed E-state index contributed by atoms with van der Waals surface area (Å²) < 4.78 is 10.4. The molecule has 0 aliphatic carbocycles. The number of nitrogens with one attached hydrogen (secondary N) is 2. The zero-order chi connectivity index (χ0) is 18.4. The summed E-state index contributed by atoms with van der Waals surface area (Å²) in [5.74, 6) is 0.237. The Labute approximate surface area is 151 Å². The molecule has 7 nitrogen and oxygen atoms in total. The molecule has 3 N–H and O–H groups in total. The van der Waals surface area contributed by atoms with Crippen LogP contribution in [0.15, 0.2) is 28.8 Å². The van der Waals surface area contributed by atoms with Gasteiger partial charge in [0.2, 0.25) is 0 Å². The number of nitrogens with zero attached hydrogens (tertiary/aromatic N) is 1. The van der Waals surface area contributed by atoms with Crippen molar-refractivity contribution in [3.05, 3.63) is 34.9 Å². The van der Waals surface area contributed by atoms with Crippen molar-refractivity contribution in [1.29, 1.82) is 0 Å². The van der Waals surface area contributed by atoms with Crippen LogP contribution in [-0.2, 0) is 4.74 Å². The number of carbonyl (C=O) groups excluding carboxylic acids is 1. The summed E-state index contributed by atoms with van der Waals surface area (Å²) in [6.45, 7) is 4.16. The number of amides is 1. The minimum Gasteiger partial charge on any atom is -0.394 e. The second kappa shape index (κ2) is 8.33. The van der Waals surface area contributed by atoms with E-state index in [0.29, 0.717) is 35.3 Å². The zero-order valence-electron chi connectivity index (χ0n) is 14.4. The van der Waals surface area contributed by atoms with E-state index < -0.39 is 11.4 Å². The molecular formula is C17H22ClN3O4. The normalized spacial score (nSPS) is 11.4. The van der Waals surface area contributed by atoms with Crippen LogP contribution in [0.25, 0.3) is 11.3 Å². The standard InChI is InChI=1S/C17H22ClN3O4/c1-17(2,10-22)20-16(23)13-14(11-4-6-12(18)7-5-11)25-21-15(13)19-8-9-24-3/h4-7,22H,8-10H2,1-3H3,(H,19,21)(H,20,23). The van der Waals surface area contributed by atoms with Crippen LogP contribution in [0.4, 0.5) is 5.82 Å². The lowest BCUT2D eigenvalue weighted by Crippen LogP contribution is -2.46. The highest BCUT2D eigenvalue weighted by Gasteiger charge is 2.28. The van der Waals surface area contributed by atoms with Crippen molar-refractivity contribution >= 4 is 23.3 Å². The number of rotatable bonds is 8. The SMILES string of the molecule is COCCNc1noc(-c2ccc(Cl)cc2)c1C(=O)NC(C)(C)CO. The van der Waals surface area contributed by atoms with Gasteiger partial charge in [-0.2, -0.15) is 0 Å². The van der Waals surface area contributed by atoms with Gasteiger partial charge in [-0.3, -0.25) is 4.79 Å². The van der Waals surface area contributed by atoms with E-state index in [1.54, 1.807) is 45.2 Å². The first-order valence-electron chi connectivity index (χ1n) is 7.80. The summed E-state index contributed by atoms with van der Waals surface area (Å²) >= 11 is 5.92. The van der Waals surface area contributed by atoms with E-state index in [1.165, 1.54) is 0 Å². The Kier molecular flexibility index (Phi) is 6.41. The predicted octanol–water partition coefficient (Wildman–Crippen LogP) is 2.55. The number of methoxy groups -OCH3 is 1. The number of aromatic nitrogens is 1. The molecule has 0 bridgehead atoms. The molecule has 0 unspecified atom stereocenters. The summed E-state index contributed by atoms with van der Waals surface area (Å²) in [6, 6.07) is 6.90. The van der Waals surface area contributed by atoms with Gasteiger partial charge in [0.15, 0.2) is 11.6 Å². The van der Waals surface area contributed by atoms with E-state index in [0.717, 1.165) is 0 Å². The van der Waals surface area contributed by atoms with Crippen molar-refractivity contribution < 1.29 is 19.2 Å². The summed E-state index contributed by atoms with van der Waals surface area (Å²) in [4.78, 5) is 12.8. The number of aliphatic hydroxyl groups is 1. The topological polar surface area (TPSA) is 96.6 Å². The quantitative estimate of drug-likeness (QED) is 0.620. The minimum absolute atomic E-state index is 0.202. The summed E-state index contributed by atoms with van der Waals surface area (Å²) in [5.41, 5.74) is 0.152. The first-order valence-corrected chi connectivity index (χ1v) is 8.17. The maximum atomic E-state index is 12.8. The van der Waals surface area contributed by atoms with Gasteiger partial charge in [-0.25, -0.2) is 0 Å². The van der Waals surface area contributed by atoms with Gasteiger partial charge in [0, 0.05) is 24.2 Å². The third-order valence-electron chi connectivity index (χ3n) is 3.47. The number of hydrogen-bond donors (Lipinski definition) is 3. The fourth-order valence-corrected chi connectivity index (χ4v) is 2.23. The second-order valence-corrected chi connectivity index (χ2v) is 6.59. The van der Waals surface area contributed by atoms with Gasteiger partial charge < -0.3 is 25.0 Å². The van der Waals surface area contributed by atoms with Crippen molar-refractivity contribution in [2.75, 3.05) is 32.2 Å². The number of carbonyl (C=O) groups is 1. The first-order chi connectivity index (χ1) is 11.9. The van der Waals surface area contributed by atoms with Crippen molar-refractivity contribution in [3.8, 4) is 11.3 Å².